The number of ether oxygens (including phenoxy) is 1. The number of morpholine rings is 1. The molecule has 2 aliphatic heterocycles. The summed E-state index contributed by atoms with van der Waals surface area (Å²) in [6, 6.07) is 7.26. The molecule has 1 amide bonds. The predicted octanol–water partition coefficient (Wildman–Crippen LogP) is 2.26. The Balaban J connectivity index is 1.51. The van der Waals surface area contributed by atoms with E-state index in [-0.39, 0.29) is 11.8 Å². The third-order valence-electron chi connectivity index (χ3n) is 6.30. The van der Waals surface area contributed by atoms with E-state index in [1.165, 1.54) is 4.31 Å². The molecule has 7 nitrogen and oxygen atoms in total. The zero-order valence-electron chi connectivity index (χ0n) is 19.0. The number of carbonyl (C=O) groups excluding carboxylic acids is 1. The molecule has 1 atom stereocenters. The van der Waals surface area contributed by atoms with E-state index < -0.39 is 10.0 Å². The summed E-state index contributed by atoms with van der Waals surface area (Å²) in [5, 5.41) is 3.16. The Hall–Kier alpha value is -1.48. The Bertz CT molecular complexity index is 812. The van der Waals surface area contributed by atoms with E-state index in [1.807, 2.05) is 19.1 Å². The number of rotatable bonds is 8. The highest BCUT2D eigenvalue weighted by Crippen LogP contribution is 2.24. The summed E-state index contributed by atoms with van der Waals surface area (Å²) < 4.78 is 32.7. The van der Waals surface area contributed by atoms with Crippen molar-refractivity contribution in [1.29, 1.82) is 0 Å². The number of aryl methyl sites for hydroxylation is 1. The van der Waals surface area contributed by atoms with Crippen molar-refractivity contribution in [2.24, 2.45) is 11.8 Å². The largest absolute Gasteiger partial charge is 0.379 e. The quantitative estimate of drug-likeness (QED) is 0.656. The van der Waals surface area contributed by atoms with Crippen LogP contribution in [-0.4, -0.2) is 75.5 Å². The molecule has 0 aliphatic carbocycles. The van der Waals surface area contributed by atoms with Crippen molar-refractivity contribution >= 4 is 15.9 Å². The number of carbonyl (C=O) groups is 1. The highest BCUT2D eigenvalue weighted by molar-refractivity contribution is 7.89. The van der Waals surface area contributed by atoms with Crippen LogP contribution in [0.3, 0.4) is 0 Å². The Morgan fingerprint density at radius 3 is 2.29 bits per heavy atom. The predicted molar refractivity (Wildman–Crippen MR) is 121 cm³/mol. The molecule has 2 heterocycles. The number of hydrogen-bond donors (Lipinski definition) is 1. The summed E-state index contributed by atoms with van der Waals surface area (Å²) in [7, 11) is -3.50. The van der Waals surface area contributed by atoms with Gasteiger partial charge in [-0.25, -0.2) is 8.42 Å². The number of sulfonamides is 1. The molecule has 2 saturated heterocycles. The van der Waals surface area contributed by atoms with E-state index in [2.05, 4.69) is 24.1 Å². The molecule has 3 rings (SSSR count). The van der Waals surface area contributed by atoms with Gasteiger partial charge in [0.1, 0.15) is 0 Å². The van der Waals surface area contributed by atoms with Gasteiger partial charge in [-0.15, -0.1) is 0 Å². The van der Waals surface area contributed by atoms with Crippen LogP contribution >= 0.6 is 0 Å². The van der Waals surface area contributed by atoms with Crippen molar-refractivity contribution in [3.8, 4) is 0 Å². The van der Waals surface area contributed by atoms with Gasteiger partial charge in [-0.05, 0) is 44.2 Å². The van der Waals surface area contributed by atoms with Gasteiger partial charge < -0.3 is 10.1 Å². The number of piperidine rings is 1. The Morgan fingerprint density at radius 2 is 1.71 bits per heavy atom. The molecule has 1 aromatic rings. The van der Waals surface area contributed by atoms with Crippen LogP contribution in [0.1, 0.15) is 38.7 Å². The van der Waals surface area contributed by atoms with Gasteiger partial charge in [0.25, 0.3) is 0 Å². The lowest BCUT2D eigenvalue weighted by Crippen LogP contribution is -2.50. The summed E-state index contributed by atoms with van der Waals surface area (Å²) in [5.41, 5.74) is 1.03. The third-order valence-corrected chi connectivity index (χ3v) is 8.21. The molecular weight excluding hydrogens is 414 g/mol. The minimum atomic E-state index is -3.50. The fraction of sp³-hybridized carbons (Fsp3) is 0.696. The molecule has 1 N–H and O–H groups in total. The first kappa shape index (κ1) is 24.2. The van der Waals surface area contributed by atoms with Gasteiger partial charge in [-0.3, -0.25) is 9.69 Å². The van der Waals surface area contributed by atoms with Crippen molar-refractivity contribution in [3.05, 3.63) is 29.8 Å². The van der Waals surface area contributed by atoms with Gasteiger partial charge in [0.15, 0.2) is 0 Å². The first-order valence-corrected chi connectivity index (χ1v) is 12.9. The molecule has 1 unspecified atom stereocenters. The zero-order valence-corrected chi connectivity index (χ0v) is 19.9. The van der Waals surface area contributed by atoms with Crippen molar-refractivity contribution < 1.29 is 17.9 Å². The summed E-state index contributed by atoms with van der Waals surface area (Å²) >= 11 is 0. The zero-order chi connectivity index (χ0) is 22.4. The van der Waals surface area contributed by atoms with Crippen LogP contribution < -0.4 is 5.32 Å². The first-order valence-electron chi connectivity index (χ1n) is 11.4. The van der Waals surface area contributed by atoms with Gasteiger partial charge >= 0.3 is 0 Å². The van der Waals surface area contributed by atoms with Crippen LogP contribution in [0.4, 0.5) is 0 Å². The molecule has 1 aromatic carbocycles. The summed E-state index contributed by atoms with van der Waals surface area (Å²) in [4.78, 5) is 15.6. The van der Waals surface area contributed by atoms with E-state index in [9.17, 15) is 13.2 Å². The lowest BCUT2D eigenvalue weighted by molar-refractivity contribution is -0.126. The molecule has 174 valence electrons. The average Bonchev–Trinajstić information content (AvgIpc) is 2.77. The standard InChI is InChI=1S/C23H37N3O4S/c1-18(2)16-21(25-12-14-30-15-13-25)17-24-23(27)20-8-10-26(11-9-20)31(28,29)22-6-4-19(3)5-7-22/h4-7,18,20-21H,8-17H2,1-3H3,(H,24,27). The Kier molecular flexibility index (Phi) is 8.50. The van der Waals surface area contributed by atoms with E-state index in [1.54, 1.807) is 12.1 Å². The van der Waals surface area contributed by atoms with Gasteiger partial charge in [-0.2, -0.15) is 4.31 Å². The number of nitrogens with zero attached hydrogens (tertiary/aromatic N) is 2. The van der Waals surface area contributed by atoms with E-state index in [4.69, 9.17) is 4.74 Å². The molecule has 0 spiro atoms. The lowest BCUT2D eigenvalue weighted by Gasteiger charge is -2.36. The second-order valence-corrected chi connectivity index (χ2v) is 11.1. The molecule has 2 aliphatic rings. The van der Waals surface area contributed by atoms with Crippen molar-refractivity contribution in [1.82, 2.24) is 14.5 Å². The molecule has 8 heteroatoms. The smallest absolute Gasteiger partial charge is 0.243 e. The summed E-state index contributed by atoms with van der Waals surface area (Å²) in [5.74, 6) is 0.475. The van der Waals surface area contributed by atoms with E-state index in [0.29, 0.717) is 49.3 Å². The summed E-state index contributed by atoms with van der Waals surface area (Å²) in [6.45, 7) is 11.1. The van der Waals surface area contributed by atoms with Crippen molar-refractivity contribution in [2.45, 2.75) is 51.0 Å². The van der Waals surface area contributed by atoms with E-state index >= 15 is 0 Å². The maximum atomic E-state index is 12.9. The maximum Gasteiger partial charge on any atom is 0.243 e. The van der Waals surface area contributed by atoms with Crippen LogP contribution in [-0.2, 0) is 19.6 Å². The van der Waals surface area contributed by atoms with Crippen molar-refractivity contribution in [2.75, 3.05) is 45.9 Å². The maximum absolute atomic E-state index is 12.9. The van der Waals surface area contributed by atoms with Crippen LogP contribution in [0.15, 0.2) is 29.2 Å². The minimum Gasteiger partial charge on any atom is -0.379 e. The Morgan fingerprint density at radius 1 is 1.10 bits per heavy atom. The number of nitrogens with one attached hydrogen (secondary N) is 1. The van der Waals surface area contributed by atoms with Crippen LogP contribution in [0, 0.1) is 18.8 Å². The van der Waals surface area contributed by atoms with E-state index in [0.717, 1.165) is 38.3 Å². The topological polar surface area (TPSA) is 79.0 Å². The second kappa shape index (κ2) is 10.9. The molecule has 0 aromatic heterocycles. The van der Waals surface area contributed by atoms with Crippen molar-refractivity contribution in [3.63, 3.8) is 0 Å². The minimum absolute atomic E-state index is 0.0504. The fourth-order valence-corrected chi connectivity index (χ4v) is 5.90. The number of benzene rings is 1. The molecule has 31 heavy (non-hydrogen) atoms. The highest BCUT2D eigenvalue weighted by atomic mass is 32.2. The fourth-order valence-electron chi connectivity index (χ4n) is 4.43. The lowest BCUT2D eigenvalue weighted by atomic mass is 9.96. The Labute approximate surface area is 187 Å². The number of amides is 1. The molecule has 0 saturated carbocycles. The molecule has 2 fully saturated rings. The number of hydrogen-bond acceptors (Lipinski definition) is 5. The normalized spacial score (nSPS) is 20.6. The van der Waals surface area contributed by atoms with Gasteiger partial charge in [0.05, 0.1) is 18.1 Å². The van der Waals surface area contributed by atoms with Gasteiger partial charge in [0.2, 0.25) is 15.9 Å². The summed E-state index contributed by atoms with van der Waals surface area (Å²) in [6.07, 6.45) is 2.15. The third kappa shape index (κ3) is 6.51. The van der Waals surface area contributed by atoms with Crippen LogP contribution in [0.2, 0.25) is 0 Å². The monoisotopic (exact) mass is 451 g/mol. The van der Waals surface area contributed by atoms with Crippen LogP contribution in [0.25, 0.3) is 0 Å². The van der Waals surface area contributed by atoms with Crippen LogP contribution in [0.5, 0.6) is 0 Å². The molecular formula is C23H37N3O4S. The van der Waals surface area contributed by atoms with Gasteiger partial charge in [-0.1, -0.05) is 31.5 Å². The average molecular weight is 452 g/mol. The molecule has 0 bridgehead atoms. The first-order chi connectivity index (χ1) is 14.8. The molecule has 0 radical (unpaired) electrons. The SMILES string of the molecule is Cc1ccc(S(=O)(=O)N2CCC(C(=O)NCC(CC(C)C)N3CCOCC3)CC2)cc1. The second-order valence-electron chi connectivity index (χ2n) is 9.17. The highest BCUT2D eigenvalue weighted by Gasteiger charge is 2.32. The van der Waals surface area contributed by atoms with Gasteiger partial charge in [0, 0.05) is 44.7 Å².